The van der Waals surface area contributed by atoms with Gasteiger partial charge in [0.1, 0.15) is 5.01 Å². The van der Waals surface area contributed by atoms with Crippen molar-refractivity contribution in [2.45, 2.75) is 26.4 Å². The zero-order valence-electron chi connectivity index (χ0n) is 8.69. The third-order valence-corrected chi connectivity index (χ3v) is 4.13. The summed E-state index contributed by atoms with van der Waals surface area (Å²) in [6.45, 7) is 4.01. The highest BCUT2D eigenvalue weighted by Gasteiger charge is 1.99. The molecule has 0 saturated carbocycles. The minimum absolute atomic E-state index is 0.872. The van der Waals surface area contributed by atoms with Gasteiger partial charge in [0.2, 0.25) is 0 Å². The van der Waals surface area contributed by atoms with Crippen LogP contribution in [0.25, 0.3) is 0 Å². The summed E-state index contributed by atoms with van der Waals surface area (Å²) in [5.74, 6) is 0. The summed E-state index contributed by atoms with van der Waals surface area (Å²) in [4.78, 5) is 7.09. The second kappa shape index (κ2) is 5.39. The fourth-order valence-corrected chi connectivity index (χ4v) is 2.85. The monoisotopic (exact) mass is 238 g/mol. The molecule has 2 aromatic heterocycles. The minimum atomic E-state index is 0.872. The lowest BCUT2D eigenvalue weighted by Crippen LogP contribution is -2.11. The summed E-state index contributed by atoms with van der Waals surface area (Å²) in [5, 5.41) is 6.57. The van der Waals surface area contributed by atoms with Gasteiger partial charge < -0.3 is 5.32 Å². The summed E-state index contributed by atoms with van der Waals surface area (Å²) in [5.41, 5.74) is 0. The molecule has 0 fully saturated rings. The van der Waals surface area contributed by atoms with Crippen molar-refractivity contribution < 1.29 is 0 Å². The van der Waals surface area contributed by atoms with Gasteiger partial charge in [-0.25, -0.2) is 4.98 Å². The van der Waals surface area contributed by atoms with E-state index in [1.807, 2.05) is 22.9 Å². The first-order valence-electron chi connectivity index (χ1n) is 5.05. The third-order valence-electron chi connectivity index (χ3n) is 2.12. The average Bonchev–Trinajstić information content (AvgIpc) is 2.88. The third kappa shape index (κ3) is 3.12. The second-order valence-corrected chi connectivity index (χ2v) is 5.48. The van der Waals surface area contributed by atoms with Gasteiger partial charge in [0.25, 0.3) is 0 Å². The first-order valence-corrected chi connectivity index (χ1v) is 6.74. The molecular weight excluding hydrogens is 224 g/mol. The van der Waals surface area contributed by atoms with E-state index >= 15 is 0 Å². The number of nitrogens with zero attached hydrogens (tertiary/aromatic N) is 1. The summed E-state index contributed by atoms with van der Waals surface area (Å²) in [7, 11) is 0. The first kappa shape index (κ1) is 10.8. The van der Waals surface area contributed by atoms with Crippen LogP contribution in [0.4, 0.5) is 0 Å². The van der Waals surface area contributed by atoms with E-state index in [9.17, 15) is 0 Å². The van der Waals surface area contributed by atoms with Crippen LogP contribution in [0.15, 0.2) is 23.7 Å². The second-order valence-electron chi connectivity index (χ2n) is 3.25. The molecule has 2 aromatic rings. The maximum Gasteiger partial charge on any atom is 0.106 e. The number of thiazole rings is 1. The molecular formula is C11H14N2S2. The SMILES string of the molecule is CCc1ccc(CNCc2nccs2)s1. The van der Waals surface area contributed by atoms with Crippen LogP contribution in [-0.4, -0.2) is 4.98 Å². The largest absolute Gasteiger partial charge is 0.306 e. The van der Waals surface area contributed by atoms with Crippen molar-refractivity contribution >= 4 is 22.7 Å². The number of aryl methyl sites for hydroxylation is 1. The predicted molar refractivity (Wildman–Crippen MR) is 66.4 cm³/mol. The predicted octanol–water partition coefficient (Wildman–Crippen LogP) is 3.06. The molecule has 0 aromatic carbocycles. The average molecular weight is 238 g/mol. The van der Waals surface area contributed by atoms with E-state index in [1.165, 1.54) is 9.75 Å². The molecule has 0 aliphatic rings. The van der Waals surface area contributed by atoms with Crippen molar-refractivity contribution in [3.63, 3.8) is 0 Å². The molecule has 0 saturated heterocycles. The zero-order valence-corrected chi connectivity index (χ0v) is 10.3. The zero-order chi connectivity index (χ0) is 10.5. The molecule has 0 unspecified atom stereocenters. The van der Waals surface area contributed by atoms with Gasteiger partial charge in [-0.2, -0.15) is 0 Å². The van der Waals surface area contributed by atoms with Crippen molar-refractivity contribution in [2.75, 3.05) is 0 Å². The molecule has 0 aliphatic heterocycles. The van der Waals surface area contributed by atoms with Gasteiger partial charge in [-0.1, -0.05) is 6.92 Å². The molecule has 0 radical (unpaired) electrons. The highest BCUT2D eigenvalue weighted by Crippen LogP contribution is 2.16. The van der Waals surface area contributed by atoms with Crippen LogP contribution in [0.5, 0.6) is 0 Å². The summed E-state index contributed by atoms with van der Waals surface area (Å²) in [6, 6.07) is 4.42. The highest BCUT2D eigenvalue weighted by molar-refractivity contribution is 7.12. The van der Waals surface area contributed by atoms with Crippen LogP contribution in [0.2, 0.25) is 0 Å². The van der Waals surface area contributed by atoms with Crippen LogP contribution in [-0.2, 0) is 19.5 Å². The van der Waals surface area contributed by atoms with Gasteiger partial charge >= 0.3 is 0 Å². The van der Waals surface area contributed by atoms with Crippen LogP contribution in [0.1, 0.15) is 21.7 Å². The standard InChI is InChI=1S/C11H14N2S2/c1-2-9-3-4-10(15-9)7-12-8-11-13-5-6-14-11/h3-6,12H,2,7-8H2,1H3. The van der Waals surface area contributed by atoms with Gasteiger partial charge in [0.05, 0.1) is 0 Å². The quantitative estimate of drug-likeness (QED) is 0.866. The van der Waals surface area contributed by atoms with E-state index in [1.54, 1.807) is 11.3 Å². The summed E-state index contributed by atoms with van der Waals surface area (Å²) in [6.07, 6.45) is 2.99. The Morgan fingerprint density at radius 3 is 2.80 bits per heavy atom. The van der Waals surface area contributed by atoms with Crippen LogP contribution in [0.3, 0.4) is 0 Å². The maximum absolute atomic E-state index is 4.23. The molecule has 0 bridgehead atoms. The Morgan fingerprint density at radius 2 is 2.13 bits per heavy atom. The Labute approximate surface area is 98.0 Å². The number of thiophene rings is 1. The van der Waals surface area contributed by atoms with Crippen LogP contribution >= 0.6 is 22.7 Å². The van der Waals surface area contributed by atoms with Crippen LogP contribution in [0, 0.1) is 0 Å². The molecule has 0 aliphatic carbocycles. The molecule has 0 amide bonds. The van der Waals surface area contributed by atoms with E-state index in [4.69, 9.17) is 0 Å². The molecule has 1 N–H and O–H groups in total. The Morgan fingerprint density at radius 1 is 1.27 bits per heavy atom. The Balaban J connectivity index is 1.78. The van der Waals surface area contributed by atoms with Crippen molar-refractivity contribution in [1.29, 1.82) is 0 Å². The Hall–Kier alpha value is -0.710. The lowest BCUT2D eigenvalue weighted by atomic mass is 10.3. The fraction of sp³-hybridized carbons (Fsp3) is 0.364. The molecule has 2 heterocycles. The van der Waals surface area contributed by atoms with Gasteiger partial charge in [-0.15, -0.1) is 22.7 Å². The molecule has 2 nitrogen and oxygen atoms in total. The smallest absolute Gasteiger partial charge is 0.106 e. The first-order chi connectivity index (χ1) is 7.38. The highest BCUT2D eigenvalue weighted by atomic mass is 32.1. The van der Waals surface area contributed by atoms with Crippen molar-refractivity contribution in [2.24, 2.45) is 0 Å². The summed E-state index contributed by atoms with van der Waals surface area (Å²) < 4.78 is 0. The van der Waals surface area contributed by atoms with E-state index in [0.29, 0.717) is 0 Å². The lowest BCUT2D eigenvalue weighted by Gasteiger charge is -1.99. The van der Waals surface area contributed by atoms with Crippen molar-refractivity contribution in [3.8, 4) is 0 Å². The number of hydrogen-bond acceptors (Lipinski definition) is 4. The molecule has 80 valence electrons. The topological polar surface area (TPSA) is 24.9 Å². The Bertz CT molecular complexity index is 392. The molecule has 4 heteroatoms. The van der Waals surface area contributed by atoms with Crippen LogP contribution < -0.4 is 5.32 Å². The van der Waals surface area contributed by atoms with E-state index in [2.05, 4.69) is 29.4 Å². The number of aromatic nitrogens is 1. The van der Waals surface area contributed by atoms with E-state index in [-0.39, 0.29) is 0 Å². The molecule has 15 heavy (non-hydrogen) atoms. The van der Waals surface area contributed by atoms with Crippen molar-refractivity contribution in [1.82, 2.24) is 10.3 Å². The maximum atomic E-state index is 4.23. The molecule has 2 rings (SSSR count). The minimum Gasteiger partial charge on any atom is -0.306 e. The normalized spacial score (nSPS) is 10.7. The molecule has 0 atom stereocenters. The van der Waals surface area contributed by atoms with E-state index in [0.717, 1.165) is 24.5 Å². The van der Waals surface area contributed by atoms with Gasteiger partial charge in [0, 0.05) is 34.4 Å². The fourth-order valence-electron chi connectivity index (χ4n) is 1.34. The van der Waals surface area contributed by atoms with E-state index < -0.39 is 0 Å². The number of rotatable bonds is 5. The lowest BCUT2D eigenvalue weighted by molar-refractivity contribution is 0.697. The van der Waals surface area contributed by atoms with Gasteiger partial charge in [-0.05, 0) is 18.6 Å². The van der Waals surface area contributed by atoms with Crippen molar-refractivity contribution in [3.05, 3.63) is 38.5 Å². The Kier molecular flexibility index (Phi) is 3.88. The summed E-state index contributed by atoms with van der Waals surface area (Å²) >= 11 is 3.59. The number of hydrogen-bond donors (Lipinski definition) is 1. The molecule has 0 spiro atoms. The van der Waals surface area contributed by atoms with Gasteiger partial charge in [-0.3, -0.25) is 0 Å². The van der Waals surface area contributed by atoms with Gasteiger partial charge in [0.15, 0.2) is 0 Å². The number of nitrogens with one attached hydrogen (secondary N) is 1.